The molecule has 4 nitrogen and oxygen atoms in total. The number of pyridine rings is 1. The van der Waals surface area contributed by atoms with Crippen LogP contribution in [0.4, 0.5) is 0 Å². The molecule has 1 heterocycles. The van der Waals surface area contributed by atoms with Gasteiger partial charge >= 0.3 is 5.97 Å². The molecule has 0 aliphatic rings. The number of carboxylic acid groups (broad SMARTS) is 1. The maximum absolute atomic E-state index is 11.9. The van der Waals surface area contributed by atoms with Crippen LogP contribution in [-0.2, 0) is 11.2 Å². The lowest BCUT2D eigenvalue weighted by atomic mass is 9.99. The molecule has 19 heavy (non-hydrogen) atoms. The third kappa shape index (κ3) is 2.80. The summed E-state index contributed by atoms with van der Waals surface area (Å²) in [5.74, 6) is -1.02. The van der Waals surface area contributed by atoms with E-state index in [0.717, 1.165) is 0 Å². The molecule has 0 saturated heterocycles. The van der Waals surface area contributed by atoms with E-state index in [2.05, 4.69) is 4.98 Å². The monoisotopic (exact) mass is 297 g/mol. The van der Waals surface area contributed by atoms with Crippen molar-refractivity contribution in [2.24, 2.45) is 0 Å². The highest BCUT2D eigenvalue weighted by atomic mass is 35.5. The third-order valence-electron chi connectivity index (χ3n) is 2.61. The van der Waals surface area contributed by atoms with Gasteiger partial charge in [-0.1, -0.05) is 35.3 Å². The third-order valence-corrected chi connectivity index (χ3v) is 3.43. The van der Waals surface area contributed by atoms with Crippen LogP contribution in [0.2, 0.25) is 10.0 Å². The van der Waals surface area contributed by atoms with Gasteiger partial charge in [-0.05, 0) is 17.7 Å². The van der Waals surface area contributed by atoms with Crippen molar-refractivity contribution in [3.63, 3.8) is 0 Å². The molecular weight excluding hydrogens is 289 g/mol. The molecule has 98 valence electrons. The first-order chi connectivity index (χ1) is 9.00. The molecule has 1 aromatic heterocycles. The zero-order valence-electron chi connectivity index (χ0n) is 9.61. The highest BCUT2D eigenvalue weighted by molar-refractivity contribution is 6.43. The molecule has 0 amide bonds. The summed E-state index contributed by atoms with van der Waals surface area (Å²) in [6.07, 6.45) is 1.14. The molecule has 0 radical (unpaired) electrons. The van der Waals surface area contributed by atoms with Crippen molar-refractivity contribution in [2.75, 3.05) is 0 Å². The van der Waals surface area contributed by atoms with E-state index in [1.165, 1.54) is 6.20 Å². The van der Waals surface area contributed by atoms with E-state index in [0.29, 0.717) is 16.1 Å². The van der Waals surface area contributed by atoms with Gasteiger partial charge in [0, 0.05) is 11.8 Å². The molecule has 0 unspecified atom stereocenters. The number of aromatic nitrogens is 1. The number of hydrogen-bond acceptors (Lipinski definition) is 2. The zero-order valence-corrected chi connectivity index (χ0v) is 11.1. The molecule has 0 aliphatic carbocycles. The highest BCUT2D eigenvalue weighted by Gasteiger charge is 2.16. The summed E-state index contributed by atoms with van der Waals surface area (Å²) < 4.78 is 0. The van der Waals surface area contributed by atoms with Crippen LogP contribution in [0, 0.1) is 0 Å². The first-order valence-electron chi connectivity index (χ1n) is 5.37. The van der Waals surface area contributed by atoms with E-state index in [-0.39, 0.29) is 17.0 Å². The highest BCUT2D eigenvalue weighted by Crippen LogP contribution is 2.33. The summed E-state index contributed by atoms with van der Waals surface area (Å²) in [7, 11) is 0. The van der Waals surface area contributed by atoms with Gasteiger partial charge in [-0.25, -0.2) is 0 Å². The van der Waals surface area contributed by atoms with Gasteiger partial charge in [0.05, 0.1) is 22.0 Å². The van der Waals surface area contributed by atoms with Crippen LogP contribution in [0.25, 0.3) is 11.1 Å². The van der Waals surface area contributed by atoms with Crippen molar-refractivity contribution < 1.29 is 9.90 Å². The van der Waals surface area contributed by atoms with E-state index in [1.54, 1.807) is 24.3 Å². The minimum absolute atomic E-state index is 0.229. The normalized spacial score (nSPS) is 10.4. The topological polar surface area (TPSA) is 70.2 Å². The lowest BCUT2D eigenvalue weighted by molar-refractivity contribution is -0.136. The predicted octanol–water partition coefficient (Wildman–Crippen LogP) is 2.98. The smallest absolute Gasteiger partial charge is 0.307 e. The Balaban J connectivity index is 2.70. The number of aromatic amines is 1. The van der Waals surface area contributed by atoms with Crippen LogP contribution >= 0.6 is 23.2 Å². The fourth-order valence-electron chi connectivity index (χ4n) is 1.82. The number of H-pyrrole nitrogens is 1. The maximum Gasteiger partial charge on any atom is 0.307 e. The Hall–Kier alpha value is -1.78. The number of carboxylic acids is 1. The Morgan fingerprint density at radius 1 is 1.26 bits per heavy atom. The summed E-state index contributed by atoms with van der Waals surface area (Å²) in [6.45, 7) is 0. The van der Waals surface area contributed by atoms with Crippen molar-refractivity contribution in [3.8, 4) is 11.1 Å². The average molecular weight is 298 g/mol. The summed E-state index contributed by atoms with van der Waals surface area (Å²) in [4.78, 5) is 25.3. The van der Waals surface area contributed by atoms with Crippen LogP contribution in [0.5, 0.6) is 0 Å². The number of carbonyl (C=O) groups is 1. The summed E-state index contributed by atoms with van der Waals surface area (Å²) in [6, 6.07) is 6.42. The molecule has 2 rings (SSSR count). The molecule has 0 fully saturated rings. The SMILES string of the molecule is O=C(O)Cc1cc[nH]c(=O)c1-c1cccc(Cl)c1Cl. The Kier molecular flexibility index (Phi) is 3.93. The van der Waals surface area contributed by atoms with E-state index in [1.807, 2.05) is 0 Å². The standard InChI is InChI=1S/C13H9Cl2NO3/c14-9-3-1-2-8(12(9)15)11-7(6-10(17)18)4-5-16-13(11)19/h1-5H,6H2,(H,16,19)(H,17,18). The first-order valence-corrected chi connectivity index (χ1v) is 6.13. The van der Waals surface area contributed by atoms with Gasteiger partial charge < -0.3 is 10.1 Å². The average Bonchev–Trinajstić information content (AvgIpc) is 2.33. The van der Waals surface area contributed by atoms with Crippen molar-refractivity contribution >= 4 is 29.2 Å². The summed E-state index contributed by atoms with van der Waals surface area (Å²) >= 11 is 12.0. The molecule has 0 spiro atoms. The van der Waals surface area contributed by atoms with Crippen LogP contribution in [0.1, 0.15) is 5.56 Å². The van der Waals surface area contributed by atoms with Crippen LogP contribution in [0.3, 0.4) is 0 Å². The maximum atomic E-state index is 11.9. The van der Waals surface area contributed by atoms with E-state index in [4.69, 9.17) is 28.3 Å². The fraction of sp³-hybridized carbons (Fsp3) is 0.0769. The van der Waals surface area contributed by atoms with E-state index < -0.39 is 11.5 Å². The van der Waals surface area contributed by atoms with Crippen LogP contribution in [0.15, 0.2) is 35.3 Å². The zero-order chi connectivity index (χ0) is 14.0. The molecule has 6 heteroatoms. The molecule has 0 atom stereocenters. The van der Waals surface area contributed by atoms with Crippen molar-refractivity contribution in [1.82, 2.24) is 4.98 Å². The first kappa shape index (κ1) is 13.6. The number of rotatable bonds is 3. The molecule has 0 saturated carbocycles. The van der Waals surface area contributed by atoms with Crippen molar-refractivity contribution in [3.05, 3.63) is 56.4 Å². The quantitative estimate of drug-likeness (QED) is 0.915. The van der Waals surface area contributed by atoms with Gasteiger partial charge in [0.15, 0.2) is 0 Å². The van der Waals surface area contributed by atoms with Gasteiger partial charge in [-0.3, -0.25) is 9.59 Å². The van der Waals surface area contributed by atoms with Gasteiger partial charge in [-0.2, -0.15) is 0 Å². The molecule has 2 aromatic rings. The van der Waals surface area contributed by atoms with Crippen LogP contribution in [-0.4, -0.2) is 16.1 Å². The van der Waals surface area contributed by atoms with Crippen molar-refractivity contribution in [2.45, 2.75) is 6.42 Å². The van der Waals surface area contributed by atoms with E-state index in [9.17, 15) is 9.59 Å². The Morgan fingerprint density at radius 3 is 2.68 bits per heavy atom. The van der Waals surface area contributed by atoms with Gasteiger partial charge in [0.1, 0.15) is 0 Å². The number of hydrogen-bond donors (Lipinski definition) is 2. The molecule has 2 N–H and O–H groups in total. The minimum atomic E-state index is -1.02. The van der Waals surface area contributed by atoms with Crippen molar-refractivity contribution in [1.29, 1.82) is 0 Å². The lowest BCUT2D eigenvalue weighted by Gasteiger charge is -2.09. The molecule has 0 aliphatic heterocycles. The number of halogens is 2. The summed E-state index contributed by atoms with van der Waals surface area (Å²) in [5.41, 5.74) is 0.646. The lowest BCUT2D eigenvalue weighted by Crippen LogP contribution is -2.13. The number of aliphatic carboxylic acids is 1. The second-order valence-electron chi connectivity index (χ2n) is 3.88. The minimum Gasteiger partial charge on any atom is -0.481 e. The van der Waals surface area contributed by atoms with Gasteiger partial charge in [0.2, 0.25) is 0 Å². The molecule has 1 aromatic carbocycles. The second kappa shape index (κ2) is 5.47. The molecule has 0 bridgehead atoms. The Morgan fingerprint density at radius 2 is 2.00 bits per heavy atom. The second-order valence-corrected chi connectivity index (χ2v) is 4.66. The Labute approximate surface area is 118 Å². The largest absolute Gasteiger partial charge is 0.481 e. The Bertz CT molecular complexity index is 695. The number of nitrogens with one attached hydrogen (secondary N) is 1. The summed E-state index contributed by atoms with van der Waals surface area (Å²) in [5, 5.41) is 9.42. The van der Waals surface area contributed by atoms with Gasteiger partial charge in [0.25, 0.3) is 5.56 Å². The van der Waals surface area contributed by atoms with E-state index >= 15 is 0 Å². The predicted molar refractivity (Wildman–Crippen MR) is 73.9 cm³/mol. The van der Waals surface area contributed by atoms with Gasteiger partial charge in [-0.15, -0.1) is 0 Å². The number of benzene rings is 1. The fourth-order valence-corrected chi connectivity index (χ4v) is 2.22. The molecular formula is C13H9Cl2NO3. The van der Waals surface area contributed by atoms with Crippen LogP contribution < -0.4 is 5.56 Å².